The van der Waals surface area contributed by atoms with Crippen molar-refractivity contribution in [3.05, 3.63) is 206 Å². The second kappa shape index (κ2) is 13.3. The topological polar surface area (TPSA) is 43.6 Å². The van der Waals surface area contributed by atoms with Crippen LogP contribution in [0.15, 0.2) is 206 Å². The highest BCUT2D eigenvalue weighted by molar-refractivity contribution is 6.25. The molecule has 0 radical (unpaired) electrons. The number of benzene rings is 10. The average molecular weight is 751 g/mol. The van der Waals surface area contributed by atoms with E-state index in [0.717, 1.165) is 33.5 Å². The van der Waals surface area contributed by atoms with Crippen LogP contribution in [0.5, 0.6) is 0 Å². The van der Waals surface area contributed by atoms with E-state index >= 15 is 0 Å². The molecule has 0 fully saturated rings. The molecule has 0 saturated heterocycles. The number of para-hydroxylation sites is 1. The van der Waals surface area contributed by atoms with E-state index in [1.807, 2.05) is 18.2 Å². The monoisotopic (exact) mass is 750 g/mol. The van der Waals surface area contributed by atoms with E-state index in [-0.39, 0.29) is 0 Å². The Labute approximate surface area is 340 Å². The molecule has 274 valence electrons. The molecular weight excluding hydrogens is 717 g/mol. The standard InChI is InChI=1S/C55H34N4/c1-2-12-37(13-3-1)53-56-54(58-55(57-53)41-28-31-47-45-18-7-6-16-43(45)44-17-8-9-19-46(44)49(47)33-41)38-24-22-35(23-25-38)36-26-29-42(30-27-36)59-51-21-11-10-20-48(51)50-32-39-14-4-5-15-40(39)34-52(50)59/h1-34H. The highest BCUT2D eigenvalue weighted by Gasteiger charge is 2.16. The summed E-state index contributed by atoms with van der Waals surface area (Å²) in [6, 6.07) is 73.4. The number of aromatic nitrogens is 4. The lowest BCUT2D eigenvalue weighted by Crippen LogP contribution is -2.00. The molecule has 0 atom stereocenters. The highest BCUT2D eigenvalue weighted by Crippen LogP contribution is 2.38. The van der Waals surface area contributed by atoms with Crippen LogP contribution in [0, 0.1) is 0 Å². The molecule has 10 aromatic carbocycles. The normalized spacial score (nSPS) is 11.7. The van der Waals surface area contributed by atoms with E-state index in [9.17, 15) is 0 Å². The van der Waals surface area contributed by atoms with Gasteiger partial charge in [-0.05, 0) is 90.6 Å². The van der Waals surface area contributed by atoms with Gasteiger partial charge in [0, 0.05) is 33.2 Å². The Morgan fingerprint density at radius 2 is 0.695 bits per heavy atom. The first kappa shape index (κ1) is 33.2. The molecule has 0 saturated carbocycles. The first-order chi connectivity index (χ1) is 29.2. The molecule has 2 aromatic heterocycles. The van der Waals surface area contributed by atoms with Crippen molar-refractivity contribution in [3.8, 4) is 51.0 Å². The second-order valence-corrected chi connectivity index (χ2v) is 15.2. The van der Waals surface area contributed by atoms with E-state index in [4.69, 9.17) is 15.0 Å². The van der Waals surface area contributed by atoms with Gasteiger partial charge in [0.2, 0.25) is 0 Å². The number of hydrogen-bond acceptors (Lipinski definition) is 3. The van der Waals surface area contributed by atoms with Crippen LogP contribution in [-0.4, -0.2) is 19.5 Å². The summed E-state index contributed by atoms with van der Waals surface area (Å²) < 4.78 is 2.38. The summed E-state index contributed by atoms with van der Waals surface area (Å²) in [5, 5.41) is 12.4. The molecule has 12 aromatic rings. The van der Waals surface area contributed by atoms with Gasteiger partial charge in [-0.3, -0.25) is 0 Å². The molecule has 0 spiro atoms. The largest absolute Gasteiger partial charge is 0.309 e. The zero-order valence-corrected chi connectivity index (χ0v) is 31.9. The summed E-state index contributed by atoms with van der Waals surface area (Å²) in [7, 11) is 0. The average Bonchev–Trinajstić information content (AvgIpc) is 3.64. The minimum Gasteiger partial charge on any atom is -0.309 e. The second-order valence-electron chi connectivity index (χ2n) is 15.2. The van der Waals surface area contributed by atoms with Gasteiger partial charge >= 0.3 is 0 Å². The first-order valence-corrected chi connectivity index (χ1v) is 20.0. The third kappa shape index (κ3) is 5.49. The Kier molecular flexibility index (Phi) is 7.50. The van der Waals surface area contributed by atoms with E-state index in [2.05, 4.69) is 193 Å². The Balaban J connectivity index is 0.930. The predicted octanol–water partition coefficient (Wildman–Crippen LogP) is 14.2. The van der Waals surface area contributed by atoms with Crippen molar-refractivity contribution in [2.75, 3.05) is 0 Å². The quantitative estimate of drug-likeness (QED) is 0.165. The van der Waals surface area contributed by atoms with E-state index < -0.39 is 0 Å². The molecule has 0 N–H and O–H groups in total. The fourth-order valence-corrected chi connectivity index (χ4v) is 8.95. The van der Waals surface area contributed by atoms with Crippen LogP contribution in [0.4, 0.5) is 0 Å². The van der Waals surface area contributed by atoms with Gasteiger partial charge in [0.05, 0.1) is 11.0 Å². The summed E-state index contributed by atoms with van der Waals surface area (Å²) in [6.45, 7) is 0. The zero-order chi connectivity index (χ0) is 38.9. The lowest BCUT2D eigenvalue weighted by atomic mass is 9.93. The number of nitrogens with zero attached hydrogens (tertiary/aromatic N) is 4. The van der Waals surface area contributed by atoms with Gasteiger partial charge in [0.15, 0.2) is 17.5 Å². The highest BCUT2D eigenvalue weighted by atomic mass is 15.0. The maximum Gasteiger partial charge on any atom is 0.164 e. The molecule has 0 aliphatic rings. The van der Waals surface area contributed by atoms with Gasteiger partial charge in [-0.15, -0.1) is 0 Å². The van der Waals surface area contributed by atoms with Gasteiger partial charge < -0.3 is 4.57 Å². The number of hydrogen-bond donors (Lipinski definition) is 0. The molecule has 0 amide bonds. The molecule has 4 heteroatoms. The van der Waals surface area contributed by atoms with Gasteiger partial charge in [-0.1, -0.05) is 170 Å². The third-order valence-electron chi connectivity index (χ3n) is 11.8. The summed E-state index contributed by atoms with van der Waals surface area (Å²) in [4.78, 5) is 15.2. The van der Waals surface area contributed by atoms with Crippen molar-refractivity contribution in [1.82, 2.24) is 19.5 Å². The van der Waals surface area contributed by atoms with E-state index in [1.54, 1.807) is 0 Å². The van der Waals surface area contributed by atoms with Crippen LogP contribution in [-0.2, 0) is 0 Å². The van der Waals surface area contributed by atoms with E-state index in [0.29, 0.717) is 17.5 Å². The van der Waals surface area contributed by atoms with E-state index in [1.165, 1.54) is 64.9 Å². The summed E-state index contributed by atoms with van der Waals surface area (Å²) in [6.07, 6.45) is 0. The fraction of sp³-hybridized carbons (Fsp3) is 0. The van der Waals surface area contributed by atoms with Crippen molar-refractivity contribution in [2.24, 2.45) is 0 Å². The minimum absolute atomic E-state index is 0.637. The molecule has 4 nitrogen and oxygen atoms in total. The van der Waals surface area contributed by atoms with Crippen LogP contribution >= 0.6 is 0 Å². The van der Waals surface area contributed by atoms with Gasteiger partial charge in [-0.25, -0.2) is 15.0 Å². The fourth-order valence-electron chi connectivity index (χ4n) is 8.95. The van der Waals surface area contributed by atoms with Crippen LogP contribution in [0.1, 0.15) is 0 Å². The van der Waals surface area contributed by atoms with Crippen LogP contribution < -0.4 is 0 Å². The van der Waals surface area contributed by atoms with Crippen molar-refractivity contribution < 1.29 is 0 Å². The maximum atomic E-state index is 5.13. The van der Waals surface area contributed by atoms with Crippen molar-refractivity contribution >= 4 is 64.9 Å². The van der Waals surface area contributed by atoms with Gasteiger partial charge in [0.25, 0.3) is 0 Å². The molecule has 0 aliphatic carbocycles. The summed E-state index contributed by atoms with van der Waals surface area (Å²) >= 11 is 0. The van der Waals surface area contributed by atoms with Gasteiger partial charge in [-0.2, -0.15) is 0 Å². The minimum atomic E-state index is 0.637. The molecule has 0 aliphatic heterocycles. The zero-order valence-electron chi connectivity index (χ0n) is 31.9. The van der Waals surface area contributed by atoms with Crippen LogP contribution in [0.3, 0.4) is 0 Å². The molecule has 0 bridgehead atoms. The third-order valence-corrected chi connectivity index (χ3v) is 11.8. The van der Waals surface area contributed by atoms with Crippen LogP contribution in [0.25, 0.3) is 116 Å². The Morgan fingerprint density at radius 1 is 0.254 bits per heavy atom. The van der Waals surface area contributed by atoms with Crippen LogP contribution in [0.2, 0.25) is 0 Å². The Morgan fingerprint density at radius 3 is 1.34 bits per heavy atom. The van der Waals surface area contributed by atoms with Gasteiger partial charge in [0.1, 0.15) is 0 Å². The number of fused-ring (bicyclic) bond motifs is 10. The van der Waals surface area contributed by atoms with Crippen molar-refractivity contribution in [1.29, 1.82) is 0 Å². The molecule has 0 unspecified atom stereocenters. The predicted molar refractivity (Wildman–Crippen MR) is 246 cm³/mol. The first-order valence-electron chi connectivity index (χ1n) is 20.0. The van der Waals surface area contributed by atoms with Crippen molar-refractivity contribution in [3.63, 3.8) is 0 Å². The van der Waals surface area contributed by atoms with Crippen molar-refractivity contribution in [2.45, 2.75) is 0 Å². The molecule has 2 heterocycles. The summed E-state index contributed by atoms with van der Waals surface area (Å²) in [5.74, 6) is 1.93. The lowest BCUT2D eigenvalue weighted by Gasteiger charge is -2.13. The summed E-state index contributed by atoms with van der Waals surface area (Å²) in [5.41, 5.74) is 8.64. The molecule has 59 heavy (non-hydrogen) atoms. The Bertz CT molecular complexity index is 3550. The SMILES string of the molecule is c1ccc(-c2nc(-c3ccc(-c4ccc(-n5c6ccccc6c6cc7ccccc7cc65)cc4)cc3)nc(-c3ccc4c5ccccc5c5ccccc5c4c3)n2)cc1. The smallest absolute Gasteiger partial charge is 0.164 e. The lowest BCUT2D eigenvalue weighted by molar-refractivity contribution is 1.07. The maximum absolute atomic E-state index is 5.13. The Hall–Kier alpha value is -7.95. The molecule has 12 rings (SSSR count). The number of rotatable bonds is 5. The molecular formula is C55H34N4.